The lowest BCUT2D eigenvalue weighted by atomic mass is 10.0. The smallest absolute Gasteiger partial charge is 0.251 e. The molecule has 3 nitrogen and oxygen atoms in total. The summed E-state index contributed by atoms with van der Waals surface area (Å²) in [6.45, 7) is 5.77. The maximum Gasteiger partial charge on any atom is 0.251 e. The second-order valence-electron chi connectivity index (χ2n) is 5.05. The molecule has 0 radical (unpaired) electrons. The molecule has 0 aliphatic heterocycles. The third-order valence-corrected chi connectivity index (χ3v) is 3.47. The van der Waals surface area contributed by atoms with E-state index >= 15 is 0 Å². The Balaban J connectivity index is 2.15. The van der Waals surface area contributed by atoms with Crippen molar-refractivity contribution in [2.45, 2.75) is 26.8 Å². The van der Waals surface area contributed by atoms with Gasteiger partial charge in [0, 0.05) is 5.56 Å². The summed E-state index contributed by atoms with van der Waals surface area (Å²) < 4.78 is 0. The summed E-state index contributed by atoms with van der Waals surface area (Å²) in [5.41, 5.74) is 3.46. The fraction of sp³-hybridized carbons (Fsp3) is 0.235. The minimum Gasteiger partial charge on any atom is -0.508 e. The van der Waals surface area contributed by atoms with Crippen LogP contribution >= 0.6 is 0 Å². The van der Waals surface area contributed by atoms with Crippen LogP contribution in [0.2, 0.25) is 0 Å². The molecular weight excluding hydrogens is 250 g/mol. The third-order valence-electron chi connectivity index (χ3n) is 3.47. The van der Waals surface area contributed by atoms with E-state index in [1.165, 1.54) is 6.07 Å². The van der Waals surface area contributed by atoms with Gasteiger partial charge in [0.25, 0.3) is 5.91 Å². The van der Waals surface area contributed by atoms with E-state index in [9.17, 15) is 9.90 Å². The molecule has 20 heavy (non-hydrogen) atoms. The molecular formula is C17H19NO2. The first-order valence-electron chi connectivity index (χ1n) is 6.65. The number of hydrogen-bond donors (Lipinski definition) is 2. The molecule has 0 heterocycles. The van der Waals surface area contributed by atoms with Crippen LogP contribution in [0.25, 0.3) is 0 Å². The number of rotatable bonds is 3. The number of nitrogens with one attached hydrogen (secondary N) is 1. The molecule has 2 aromatic rings. The number of carbonyl (C=O) groups excluding carboxylic acids is 1. The zero-order valence-corrected chi connectivity index (χ0v) is 12.0. The highest BCUT2D eigenvalue weighted by atomic mass is 16.3. The van der Waals surface area contributed by atoms with Gasteiger partial charge in [0.05, 0.1) is 6.04 Å². The zero-order valence-electron chi connectivity index (χ0n) is 12.0. The van der Waals surface area contributed by atoms with E-state index in [0.29, 0.717) is 5.56 Å². The van der Waals surface area contributed by atoms with Crippen LogP contribution in [0.5, 0.6) is 5.75 Å². The van der Waals surface area contributed by atoms with E-state index in [0.717, 1.165) is 16.7 Å². The van der Waals surface area contributed by atoms with Gasteiger partial charge in [-0.25, -0.2) is 0 Å². The number of amides is 1. The summed E-state index contributed by atoms with van der Waals surface area (Å²) in [4.78, 5) is 12.2. The molecule has 2 N–H and O–H groups in total. The van der Waals surface area contributed by atoms with Crippen molar-refractivity contribution >= 4 is 5.91 Å². The van der Waals surface area contributed by atoms with Crippen LogP contribution in [0.15, 0.2) is 42.5 Å². The zero-order chi connectivity index (χ0) is 14.7. The molecule has 1 atom stereocenters. The molecule has 0 aliphatic carbocycles. The average Bonchev–Trinajstić information content (AvgIpc) is 2.42. The predicted octanol–water partition coefficient (Wildman–Crippen LogP) is 3.50. The van der Waals surface area contributed by atoms with Crippen LogP contribution in [-0.2, 0) is 0 Å². The van der Waals surface area contributed by atoms with Crippen molar-refractivity contribution in [3.8, 4) is 5.75 Å². The van der Waals surface area contributed by atoms with E-state index in [4.69, 9.17) is 0 Å². The molecule has 0 saturated carbocycles. The van der Waals surface area contributed by atoms with Gasteiger partial charge in [0.1, 0.15) is 5.75 Å². The van der Waals surface area contributed by atoms with Gasteiger partial charge in [0.15, 0.2) is 0 Å². The minimum absolute atomic E-state index is 0.0767. The van der Waals surface area contributed by atoms with E-state index < -0.39 is 0 Å². The summed E-state index contributed by atoms with van der Waals surface area (Å²) in [5.74, 6) is -0.0442. The van der Waals surface area contributed by atoms with E-state index in [1.807, 2.05) is 38.1 Å². The monoisotopic (exact) mass is 269 g/mol. The Morgan fingerprint density at radius 3 is 2.45 bits per heavy atom. The topological polar surface area (TPSA) is 49.3 Å². The van der Waals surface area contributed by atoms with Crippen LogP contribution in [-0.4, -0.2) is 11.0 Å². The number of carbonyl (C=O) groups is 1. The summed E-state index contributed by atoms with van der Waals surface area (Å²) in [6.07, 6.45) is 0. The van der Waals surface area contributed by atoms with Crippen LogP contribution in [0, 0.1) is 13.8 Å². The molecule has 0 spiro atoms. The molecule has 0 saturated heterocycles. The number of benzene rings is 2. The van der Waals surface area contributed by atoms with Crippen molar-refractivity contribution in [1.29, 1.82) is 0 Å². The fourth-order valence-corrected chi connectivity index (χ4v) is 2.18. The molecule has 1 unspecified atom stereocenters. The molecule has 0 aliphatic rings. The summed E-state index contributed by atoms with van der Waals surface area (Å²) in [5, 5.41) is 12.6. The maximum absolute atomic E-state index is 12.2. The summed E-state index contributed by atoms with van der Waals surface area (Å²) >= 11 is 0. The molecule has 0 fully saturated rings. The van der Waals surface area contributed by atoms with Gasteiger partial charge in [-0.1, -0.05) is 30.3 Å². The van der Waals surface area contributed by atoms with Crippen molar-refractivity contribution in [1.82, 2.24) is 5.32 Å². The standard InChI is InChI=1S/C17H19NO2/c1-11-6-4-5-7-15(11)13(3)18-17(20)14-9-8-12(2)16(19)10-14/h4-10,13,19H,1-3H3,(H,18,20). The fourth-order valence-electron chi connectivity index (χ4n) is 2.18. The summed E-state index contributed by atoms with van der Waals surface area (Å²) in [7, 11) is 0. The van der Waals surface area contributed by atoms with Gasteiger partial charge in [-0.2, -0.15) is 0 Å². The highest BCUT2D eigenvalue weighted by Gasteiger charge is 2.13. The largest absolute Gasteiger partial charge is 0.508 e. The Labute approximate surface area is 119 Å². The molecule has 104 valence electrons. The van der Waals surface area contributed by atoms with Crippen LogP contribution < -0.4 is 5.32 Å². The van der Waals surface area contributed by atoms with Gasteiger partial charge in [-0.15, -0.1) is 0 Å². The van der Waals surface area contributed by atoms with Crippen LogP contribution in [0.1, 0.15) is 40.0 Å². The van der Waals surface area contributed by atoms with E-state index in [2.05, 4.69) is 5.32 Å². The van der Waals surface area contributed by atoms with Crippen LogP contribution in [0.4, 0.5) is 0 Å². The van der Waals surface area contributed by atoms with Crippen molar-refractivity contribution < 1.29 is 9.90 Å². The Morgan fingerprint density at radius 1 is 1.10 bits per heavy atom. The van der Waals surface area contributed by atoms with Crippen molar-refractivity contribution in [2.24, 2.45) is 0 Å². The second kappa shape index (κ2) is 5.78. The lowest BCUT2D eigenvalue weighted by Gasteiger charge is -2.16. The molecule has 0 aromatic heterocycles. The van der Waals surface area contributed by atoms with Gasteiger partial charge in [0.2, 0.25) is 0 Å². The predicted molar refractivity (Wildman–Crippen MR) is 79.9 cm³/mol. The van der Waals surface area contributed by atoms with E-state index in [1.54, 1.807) is 19.1 Å². The lowest BCUT2D eigenvalue weighted by molar-refractivity contribution is 0.0939. The number of aryl methyl sites for hydroxylation is 2. The van der Waals surface area contributed by atoms with Gasteiger partial charge < -0.3 is 10.4 Å². The first-order chi connectivity index (χ1) is 9.49. The van der Waals surface area contributed by atoms with Crippen molar-refractivity contribution in [3.63, 3.8) is 0 Å². The normalized spacial score (nSPS) is 11.9. The average molecular weight is 269 g/mol. The Bertz CT molecular complexity index is 635. The highest BCUT2D eigenvalue weighted by Crippen LogP contribution is 2.20. The summed E-state index contributed by atoms with van der Waals surface area (Å²) in [6, 6.07) is 12.8. The first kappa shape index (κ1) is 14.1. The lowest BCUT2D eigenvalue weighted by Crippen LogP contribution is -2.27. The van der Waals surface area contributed by atoms with Crippen LogP contribution in [0.3, 0.4) is 0 Å². The van der Waals surface area contributed by atoms with Crippen molar-refractivity contribution in [2.75, 3.05) is 0 Å². The van der Waals surface area contributed by atoms with Gasteiger partial charge in [-0.05, 0) is 49.6 Å². The highest BCUT2D eigenvalue weighted by molar-refractivity contribution is 5.95. The number of hydrogen-bond acceptors (Lipinski definition) is 2. The molecule has 1 amide bonds. The minimum atomic E-state index is -0.184. The SMILES string of the molecule is Cc1ccc(C(=O)NC(C)c2ccccc2C)cc1O. The quantitative estimate of drug-likeness (QED) is 0.896. The first-order valence-corrected chi connectivity index (χ1v) is 6.65. The molecule has 2 aromatic carbocycles. The Hall–Kier alpha value is -2.29. The van der Waals surface area contributed by atoms with Gasteiger partial charge in [-0.3, -0.25) is 4.79 Å². The maximum atomic E-state index is 12.2. The molecule has 0 bridgehead atoms. The van der Waals surface area contributed by atoms with E-state index in [-0.39, 0.29) is 17.7 Å². The number of aromatic hydroxyl groups is 1. The Morgan fingerprint density at radius 2 is 1.80 bits per heavy atom. The second-order valence-corrected chi connectivity index (χ2v) is 5.05. The molecule has 3 heteroatoms. The van der Waals surface area contributed by atoms with Crippen molar-refractivity contribution in [3.05, 3.63) is 64.7 Å². The number of phenols is 1. The molecule has 2 rings (SSSR count). The Kier molecular flexibility index (Phi) is 4.08. The van der Waals surface area contributed by atoms with Gasteiger partial charge >= 0.3 is 0 Å². The third kappa shape index (κ3) is 2.99. The number of phenolic OH excluding ortho intramolecular Hbond substituents is 1.